The first-order valence-electron chi connectivity index (χ1n) is 8.23. The Labute approximate surface area is 171 Å². The molecule has 134 valence electrons. The van der Waals surface area contributed by atoms with Crippen LogP contribution in [0.5, 0.6) is 0 Å². The molecule has 2 aromatic carbocycles. The summed E-state index contributed by atoms with van der Waals surface area (Å²) in [5, 5.41) is 12.4. The lowest BCUT2D eigenvalue weighted by Gasteiger charge is -2.14. The molecule has 1 unspecified atom stereocenters. The summed E-state index contributed by atoms with van der Waals surface area (Å²) in [6.07, 6.45) is 2.48. The van der Waals surface area contributed by atoms with E-state index in [1.54, 1.807) is 18.5 Å². The van der Waals surface area contributed by atoms with Gasteiger partial charge in [0.05, 0.1) is 10.6 Å². The number of nitrogens with zero attached hydrogens (tertiary/aromatic N) is 2. The monoisotopic (exact) mass is 412 g/mol. The van der Waals surface area contributed by atoms with Crippen LogP contribution < -0.4 is 0 Å². The van der Waals surface area contributed by atoms with Crippen LogP contribution in [0, 0.1) is 0 Å². The van der Waals surface area contributed by atoms with E-state index >= 15 is 0 Å². The van der Waals surface area contributed by atoms with Crippen LogP contribution in [-0.4, -0.2) is 14.5 Å². The van der Waals surface area contributed by atoms with Gasteiger partial charge in [-0.15, -0.1) is 0 Å². The van der Waals surface area contributed by atoms with Crippen molar-refractivity contribution >= 4 is 34.7 Å². The highest BCUT2D eigenvalue weighted by atomic mass is 35.5. The molecule has 0 amide bonds. The van der Waals surface area contributed by atoms with Gasteiger partial charge in [0.15, 0.2) is 0 Å². The number of benzene rings is 2. The molecule has 2 heterocycles. The summed E-state index contributed by atoms with van der Waals surface area (Å²) < 4.78 is 4.64. The maximum Gasteiger partial charge on any atom is 0.109 e. The minimum absolute atomic E-state index is 0.635. The Kier molecular flexibility index (Phi) is 5.23. The van der Waals surface area contributed by atoms with E-state index in [-0.39, 0.29) is 0 Å². The lowest BCUT2D eigenvalue weighted by Crippen LogP contribution is -2.02. The average molecular weight is 413 g/mol. The molecule has 1 N–H and O–H groups in total. The minimum Gasteiger partial charge on any atom is -0.383 e. The van der Waals surface area contributed by atoms with Gasteiger partial charge in [-0.05, 0) is 47.4 Å². The van der Waals surface area contributed by atoms with E-state index in [1.807, 2.05) is 54.6 Å². The fraction of sp³-hybridized carbons (Fsp3) is 0.0476. The van der Waals surface area contributed by atoms with Gasteiger partial charge in [0.25, 0.3) is 0 Å². The lowest BCUT2D eigenvalue weighted by atomic mass is 9.95. The van der Waals surface area contributed by atoms with E-state index < -0.39 is 6.10 Å². The standard InChI is InChI=1S/C21H14Cl2N2OS/c22-16-8-6-13(7-9-16)19-18(20(26)15-4-2-10-24-12-15)21(27-25-19)14-3-1-5-17(23)11-14/h1-12,20,26H. The van der Waals surface area contributed by atoms with E-state index in [4.69, 9.17) is 23.2 Å². The molecule has 0 aliphatic rings. The van der Waals surface area contributed by atoms with Gasteiger partial charge < -0.3 is 5.11 Å². The van der Waals surface area contributed by atoms with Gasteiger partial charge in [0, 0.05) is 39.1 Å². The summed E-state index contributed by atoms with van der Waals surface area (Å²) in [7, 11) is 0. The van der Waals surface area contributed by atoms with Crippen molar-refractivity contribution in [3.05, 3.63) is 94.2 Å². The van der Waals surface area contributed by atoms with Gasteiger partial charge in [0.1, 0.15) is 6.10 Å². The van der Waals surface area contributed by atoms with E-state index in [2.05, 4.69) is 9.36 Å². The number of aliphatic hydroxyl groups is 1. The van der Waals surface area contributed by atoms with Crippen LogP contribution in [0.4, 0.5) is 0 Å². The molecule has 4 rings (SSSR count). The molecule has 0 aliphatic carbocycles. The zero-order valence-corrected chi connectivity index (χ0v) is 16.3. The van der Waals surface area contributed by atoms with Crippen molar-refractivity contribution in [1.29, 1.82) is 0 Å². The third-order valence-corrected chi connectivity index (χ3v) is 5.61. The van der Waals surface area contributed by atoms with Crippen LogP contribution in [-0.2, 0) is 0 Å². The number of hydrogen-bond donors (Lipinski definition) is 1. The topological polar surface area (TPSA) is 46.0 Å². The summed E-state index contributed by atoms with van der Waals surface area (Å²) >= 11 is 13.5. The van der Waals surface area contributed by atoms with Crippen molar-refractivity contribution in [1.82, 2.24) is 9.36 Å². The van der Waals surface area contributed by atoms with Gasteiger partial charge >= 0.3 is 0 Å². The Morgan fingerprint density at radius 2 is 1.70 bits per heavy atom. The SMILES string of the molecule is OC(c1cccnc1)c1c(-c2ccc(Cl)cc2)nsc1-c1cccc(Cl)c1. The van der Waals surface area contributed by atoms with Gasteiger partial charge in [0.2, 0.25) is 0 Å². The van der Waals surface area contributed by atoms with Crippen molar-refractivity contribution in [2.75, 3.05) is 0 Å². The van der Waals surface area contributed by atoms with Crippen molar-refractivity contribution in [2.24, 2.45) is 0 Å². The van der Waals surface area contributed by atoms with Gasteiger partial charge in [-0.1, -0.05) is 53.5 Å². The lowest BCUT2D eigenvalue weighted by molar-refractivity contribution is 0.221. The molecule has 0 saturated carbocycles. The van der Waals surface area contributed by atoms with E-state index in [0.29, 0.717) is 15.6 Å². The Morgan fingerprint density at radius 3 is 2.41 bits per heavy atom. The highest BCUT2D eigenvalue weighted by Gasteiger charge is 2.24. The molecule has 6 heteroatoms. The number of hydrogen-bond acceptors (Lipinski definition) is 4. The molecule has 2 aromatic heterocycles. The second kappa shape index (κ2) is 7.79. The molecule has 3 nitrogen and oxygen atoms in total. The fourth-order valence-corrected chi connectivity index (χ4v) is 4.15. The normalized spacial score (nSPS) is 12.1. The molecule has 0 aliphatic heterocycles. The van der Waals surface area contributed by atoms with Crippen LogP contribution >= 0.6 is 34.7 Å². The molecule has 0 radical (unpaired) electrons. The molecule has 0 fully saturated rings. The second-order valence-electron chi connectivity index (χ2n) is 5.98. The summed E-state index contributed by atoms with van der Waals surface area (Å²) in [5.74, 6) is 0. The highest BCUT2D eigenvalue weighted by molar-refractivity contribution is 7.10. The molecule has 4 aromatic rings. The first-order valence-corrected chi connectivity index (χ1v) is 9.76. The molecular formula is C21H14Cl2N2OS. The maximum absolute atomic E-state index is 11.2. The number of halogens is 2. The van der Waals surface area contributed by atoms with Gasteiger partial charge in [-0.2, -0.15) is 4.37 Å². The zero-order valence-electron chi connectivity index (χ0n) is 14.0. The fourth-order valence-electron chi connectivity index (χ4n) is 2.91. The quantitative estimate of drug-likeness (QED) is 0.430. The number of pyridine rings is 1. The molecule has 0 bridgehead atoms. The molecule has 27 heavy (non-hydrogen) atoms. The third kappa shape index (κ3) is 3.75. The van der Waals surface area contributed by atoms with Crippen LogP contribution in [0.2, 0.25) is 10.0 Å². The molecule has 1 atom stereocenters. The number of rotatable bonds is 4. The zero-order chi connectivity index (χ0) is 18.8. The van der Waals surface area contributed by atoms with Gasteiger partial charge in [-0.25, -0.2) is 0 Å². The predicted molar refractivity (Wildman–Crippen MR) is 111 cm³/mol. The number of aliphatic hydroxyl groups excluding tert-OH is 1. The van der Waals surface area contributed by atoms with Crippen molar-refractivity contribution in [3.63, 3.8) is 0 Å². The smallest absolute Gasteiger partial charge is 0.109 e. The van der Waals surface area contributed by atoms with Crippen LogP contribution in [0.15, 0.2) is 73.1 Å². The summed E-state index contributed by atoms with van der Waals surface area (Å²) in [6.45, 7) is 0. The summed E-state index contributed by atoms with van der Waals surface area (Å²) in [6, 6.07) is 18.6. The Bertz CT molecular complexity index is 1070. The largest absolute Gasteiger partial charge is 0.383 e. The van der Waals surface area contributed by atoms with Gasteiger partial charge in [-0.3, -0.25) is 4.98 Å². The van der Waals surface area contributed by atoms with E-state index in [1.165, 1.54) is 11.5 Å². The molecule has 0 saturated heterocycles. The highest BCUT2D eigenvalue weighted by Crippen LogP contribution is 2.42. The first kappa shape index (κ1) is 18.1. The van der Waals surface area contributed by atoms with Crippen molar-refractivity contribution in [2.45, 2.75) is 6.10 Å². The minimum atomic E-state index is -0.864. The second-order valence-corrected chi connectivity index (χ2v) is 7.63. The van der Waals surface area contributed by atoms with Crippen LogP contribution in [0.25, 0.3) is 21.7 Å². The third-order valence-electron chi connectivity index (χ3n) is 4.21. The molecule has 0 spiro atoms. The molecular weight excluding hydrogens is 399 g/mol. The summed E-state index contributed by atoms with van der Waals surface area (Å²) in [5.41, 5.74) is 3.97. The Morgan fingerprint density at radius 1 is 0.889 bits per heavy atom. The van der Waals surface area contributed by atoms with Crippen LogP contribution in [0.1, 0.15) is 17.2 Å². The van der Waals surface area contributed by atoms with E-state index in [0.717, 1.165) is 27.3 Å². The maximum atomic E-state index is 11.2. The van der Waals surface area contributed by atoms with E-state index in [9.17, 15) is 5.11 Å². The Hall–Kier alpha value is -2.24. The first-order chi connectivity index (χ1) is 13.1. The number of aromatic nitrogens is 2. The predicted octanol–water partition coefficient (Wildman–Crippen LogP) is 6.26. The van der Waals surface area contributed by atoms with Crippen LogP contribution in [0.3, 0.4) is 0 Å². The Balaban J connectivity index is 1.91. The van der Waals surface area contributed by atoms with Crippen molar-refractivity contribution < 1.29 is 5.11 Å². The average Bonchev–Trinajstić information content (AvgIpc) is 3.14. The summed E-state index contributed by atoms with van der Waals surface area (Å²) in [4.78, 5) is 5.00. The van der Waals surface area contributed by atoms with Crippen molar-refractivity contribution in [3.8, 4) is 21.7 Å².